The summed E-state index contributed by atoms with van der Waals surface area (Å²) < 4.78 is 6.45. The Kier molecular flexibility index (Phi) is 3.40. The highest BCUT2D eigenvalue weighted by Crippen LogP contribution is 2.21. The zero-order valence-electron chi connectivity index (χ0n) is 9.38. The van der Waals surface area contributed by atoms with Gasteiger partial charge in [0.25, 0.3) is 0 Å². The Bertz CT molecular complexity index is 667. The number of rotatable bonds is 1. The summed E-state index contributed by atoms with van der Waals surface area (Å²) in [4.78, 5) is 12.3. The smallest absolute Gasteiger partial charge is 0.200 e. The normalized spacial score (nSPS) is 12.1. The van der Waals surface area contributed by atoms with Crippen LogP contribution in [0.25, 0.3) is 17.0 Å². The molecule has 1 aromatic carbocycles. The summed E-state index contributed by atoms with van der Waals surface area (Å²) in [6.45, 7) is 3.49. The van der Waals surface area contributed by atoms with E-state index in [0.717, 1.165) is 4.47 Å². The minimum Gasteiger partial charge on any atom is -0.460 e. The number of fused-ring (bicyclic) bond motifs is 1. The molecule has 0 radical (unpaired) electrons. The summed E-state index contributed by atoms with van der Waals surface area (Å²) in [5.41, 5.74) is 1.02. The lowest BCUT2D eigenvalue weighted by Crippen LogP contribution is -2.07. The number of allylic oxidation sites excluding steroid dienone is 1. The van der Waals surface area contributed by atoms with E-state index in [4.69, 9.17) is 16.0 Å². The fourth-order valence-electron chi connectivity index (χ4n) is 1.66. The maximum atomic E-state index is 12.3. The Hall–Kier alpha value is -1.06. The Morgan fingerprint density at radius 2 is 2.18 bits per heavy atom. The summed E-state index contributed by atoms with van der Waals surface area (Å²) in [6, 6.07) is 5.36. The molecule has 2 nitrogen and oxygen atoms in total. The van der Waals surface area contributed by atoms with Crippen LogP contribution in [0.15, 0.2) is 36.9 Å². The molecule has 2 aromatic rings. The molecule has 0 aliphatic carbocycles. The molecule has 0 aliphatic heterocycles. The van der Waals surface area contributed by atoms with Gasteiger partial charge in [-0.1, -0.05) is 27.5 Å². The first kappa shape index (κ1) is 12.4. The molecule has 0 saturated heterocycles. The predicted molar refractivity (Wildman–Crippen MR) is 74.4 cm³/mol. The summed E-state index contributed by atoms with van der Waals surface area (Å²) in [7, 11) is 0. The summed E-state index contributed by atoms with van der Waals surface area (Å²) in [6.07, 6.45) is 1.63. The van der Waals surface area contributed by atoms with E-state index in [9.17, 15) is 4.79 Å². The van der Waals surface area contributed by atoms with Crippen molar-refractivity contribution in [2.75, 3.05) is 0 Å². The number of hydrogen-bond donors (Lipinski definition) is 0. The van der Waals surface area contributed by atoms with Gasteiger partial charge in [-0.2, -0.15) is 0 Å². The molecule has 0 unspecified atom stereocenters. The van der Waals surface area contributed by atoms with Crippen molar-refractivity contribution in [3.05, 3.63) is 49.3 Å². The zero-order chi connectivity index (χ0) is 12.6. The number of aryl methyl sites for hydroxylation is 1. The van der Waals surface area contributed by atoms with Crippen LogP contribution in [0.5, 0.6) is 0 Å². The van der Waals surface area contributed by atoms with E-state index < -0.39 is 0 Å². The molecule has 0 aliphatic rings. The Morgan fingerprint density at radius 3 is 2.82 bits per heavy atom. The third-order valence-corrected chi connectivity index (χ3v) is 3.02. The van der Waals surface area contributed by atoms with Gasteiger partial charge in [0.15, 0.2) is 5.43 Å². The number of hydrogen-bond acceptors (Lipinski definition) is 2. The number of benzene rings is 1. The molecule has 0 bridgehead atoms. The molecule has 1 heterocycles. The molecule has 2 rings (SSSR count). The van der Waals surface area contributed by atoms with Crippen LogP contribution in [0, 0.1) is 6.92 Å². The van der Waals surface area contributed by atoms with Crippen molar-refractivity contribution in [3.63, 3.8) is 0 Å². The largest absolute Gasteiger partial charge is 0.460 e. The second-order valence-electron chi connectivity index (χ2n) is 3.77. The van der Waals surface area contributed by atoms with Gasteiger partial charge in [-0.05, 0) is 38.1 Å². The highest BCUT2D eigenvalue weighted by atomic mass is 79.9. The van der Waals surface area contributed by atoms with Crippen molar-refractivity contribution >= 4 is 44.6 Å². The third kappa shape index (κ3) is 2.45. The standard InChI is InChI=1S/C13H10BrClO2/c1-7(15)5-10-8(2)17-12-4-3-9(14)6-11(12)13(10)16/h3-6H,1-2H3/b7-5+. The van der Waals surface area contributed by atoms with Crippen LogP contribution < -0.4 is 5.43 Å². The van der Waals surface area contributed by atoms with Crippen molar-refractivity contribution < 1.29 is 4.42 Å². The summed E-state index contributed by atoms with van der Waals surface area (Å²) in [5, 5.41) is 1.10. The van der Waals surface area contributed by atoms with Crippen LogP contribution in [0.4, 0.5) is 0 Å². The Balaban J connectivity index is 2.88. The zero-order valence-corrected chi connectivity index (χ0v) is 11.7. The molecule has 0 atom stereocenters. The van der Waals surface area contributed by atoms with Gasteiger partial charge in [0.2, 0.25) is 0 Å². The molecule has 0 fully saturated rings. The maximum Gasteiger partial charge on any atom is 0.200 e. The van der Waals surface area contributed by atoms with Crippen LogP contribution in [0.2, 0.25) is 0 Å². The first-order chi connectivity index (χ1) is 7.99. The fourth-order valence-corrected chi connectivity index (χ4v) is 2.13. The quantitative estimate of drug-likeness (QED) is 0.778. The van der Waals surface area contributed by atoms with Crippen molar-refractivity contribution in [1.29, 1.82) is 0 Å². The molecule has 0 spiro atoms. The highest BCUT2D eigenvalue weighted by molar-refractivity contribution is 9.10. The van der Waals surface area contributed by atoms with Crippen molar-refractivity contribution in [1.82, 2.24) is 0 Å². The Morgan fingerprint density at radius 1 is 1.47 bits per heavy atom. The van der Waals surface area contributed by atoms with E-state index in [1.165, 1.54) is 0 Å². The average Bonchev–Trinajstić information content (AvgIpc) is 2.25. The topological polar surface area (TPSA) is 30.2 Å². The second-order valence-corrected chi connectivity index (χ2v) is 5.28. The van der Waals surface area contributed by atoms with Gasteiger partial charge in [0.1, 0.15) is 11.3 Å². The lowest BCUT2D eigenvalue weighted by atomic mass is 10.1. The van der Waals surface area contributed by atoms with E-state index >= 15 is 0 Å². The van der Waals surface area contributed by atoms with Crippen LogP contribution in [0.3, 0.4) is 0 Å². The van der Waals surface area contributed by atoms with Gasteiger partial charge < -0.3 is 4.42 Å². The maximum absolute atomic E-state index is 12.3. The molecule has 4 heteroatoms. The van der Waals surface area contributed by atoms with Crippen LogP contribution in [-0.2, 0) is 0 Å². The predicted octanol–water partition coefficient (Wildman–Crippen LogP) is 4.46. The monoisotopic (exact) mass is 312 g/mol. The summed E-state index contributed by atoms with van der Waals surface area (Å²) in [5.74, 6) is 0.574. The number of halogens is 2. The lowest BCUT2D eigenvalue weighted by molar-refractivity contribution is 0.563. The van der Waals surface area contributed by atoms with Crippen LogP contribution in [-0.4, -0.2) is 0 Å². The second kappa shape index (κ2) is 4.67. The average molecular weight is 314 g/mol. The van der Waals surface area contributed by atoms with Crippen molar-refractivity contribution in [2.24, 2.45) is 0 Å². The van der Waals surface area contributed by atoms with E-state index in [1.807, 2.05) is 6.07 Å². The van der Waals surface area contributed by atoms with Gasteiger partial charge in [0.05, 0.1) is 10.9 Å². The van der Waals surface area contributed by atoms with Gasteiger partial charge in [-0.15, -0.1) is 0 Å². The van der Waals surface area contributed by atoms with Gasteiger partial charge in [0, 0.05) is 9.51 Å². The van der Waals surface area contributed by atoms with E-state index in [-0.39, 0.29) is 5.43 Å². The summed E-state index contributed by atoms with van der Waals surface area (Å²) >= 11 is 9.15. The molecular formula is C13H10BrClO2. The SMILES string of the molecule is C/C(Cl)=C\c1c(C)oc2ccc(Br)cc2c1=O. The van der Waals surface area contributed by atoms with Gasteiger partial charge in [-0.25, -0.2) is 0 Å². The first-order valence-electron chi connectivity index (χ1n) is 5.06. The molecular weight excluding hydrogens is 303 g/mol. The Labute approximate surface area is 112 Å². The molecule has 0 saturated carbocycles. The molecule has 0 amide bonds. The third-order valence-electron chi connectivity index (χ3n) is 2.42. The van der Waals surface area contributed by atoms with E-state index in [0.29, 0.717) is 27.3 Å². The van der Waals surface area contributed by atoms with E-state index in [2.05, 4.69) is 15.9 Å². The minimum atomic E-state index is -0.0648. The molecule has 1 aromatic heterocycles. The first-order valence-corrected chi connectivity index (χ1v) is 6.23. The molecule has 17 heavy (non-hydrogen) atoms. The highest BCUT2D eigenvalue weighted by Gasteiger charge is 2.09. The lowest BCUT2D eigenvalue weighted by Gasteiger charge is -2.03. The van der Waals surface area contributed by atoms with E-state index in [1.54, 1.807) is 32.1 Å². The van der Waals surface area contributed by atoms with Crippen LogP contribution in [0.1, 0.15) is 18.2 Å². The fraction of sp³-hybridized carbons (Fsp3) is 0.154. The van der Waals surface area contributed by atoms with Gasteiger partial charge in [-0.3, -0.25) is 4.79 Å². The van der Waals surface area contributed by atoms with Crippen LogP contribution >= 0.6 is 27.5 Å². The van der Waals surface area contributed by atoms with Crippen molar-refractivity contribution in [2.45, 2.75) is 13.8 Å². The minimum absolute atomic E-state index is 0.0648. The molecule has 88 valence electrons. The van der Waals surface area contributed by atoms with Gasteiger partial charge >= 0.3 is 0 Å². The van der Waals surface area contributed by atoms with Crippen molar-refractivity contribution in [3.8, 4) is 0 Å². The molecule has 0 N–H and O–H groups in total.